The Kier molecular flexibility index (Phi) is 7.65. The van der Waals surface area contributed by atoms with Crippen LogP contribution in [0.2, 0.25) is 0 Å². The van der Waals surface area contributed by atoms with E-state index in [4.69, 9.17) is 0 Å². The number of nitriles is 1. The molecule has 0 bridgehead atoms. The van der Waals surface area contributed by atoms with E-state index in [1.165, 1.54) is 10.5 Å². The number of carbonyl (C=O) groups is 2. The molecule has 2 saturated heterocycles. The number of likely N-dealkylation sites (tertiary alicyclic amines) is 1. The van der Waals surface area contributed by atoms with Crippen molar-refractivity contribution in [3.8, 4) is 6.07 Å². The lowest BCUT2D eigenvalue weighted by molar-refractivity contribution is -0.127. The van der Waals surface area contributed by atoms with Gasteiger partial charge >= 0.3 is 0 Å². The van der Waals surface area contributed by atoms with Gasteiger partial charge < -0.3 is 15.1 Å². The lowest BCUT2D eigenvalue weighted by Gasteiger charge is -2.33. The first kappa shape index (κ1) is 22.8. The van der Waals surface area contributed by atoms with Gasteiger partial charge in [0.05, 0.1) is 4.90 Å². The Bertz CT molecular complexity index is 963. The van der Waals surface area contributed by atoms with Gasteiger partial charge in [0.25, 0.3) is 5.91 Å². The second-order valence-electron chi connectivity index (χ2n) is 7.50. The average Bonchev–Trinajstić information content (AvgIpc) is 3.20. The van der Waals surface area contributed by atoms with E-state index >= 15 is 0 Å². The molecule has 2 aliphatic rings. The Morgan fingerprint density at radius 1 is 1.13 bits per heavy atom. The summed E-state index contributed by atoms with van der Waals surface area (Å²) in [5.74, 6) is -0.313. The van der Waals surface area contributed by atoms with Crippen LogP contribution in [0, 0.1) is 11.3 Å². The number of hydrogen-bond donors (Lipinski definition) is 1. The predicted molar refractivity (Wildman–Crippen MR) is 114 cm³/mol. The van der Waals surface area contributed by atoms with Gasteiger partial charge in [-0.25, -0.2) is 8.42 Å². The molecule has 10 heteroatoms. The summed E-state index contributed by atoms with van der Waals surface area (Å²) in [7, 11) is -3.55. The first-order chi connectivity index (χ1) is 14.9. The lowest BCUT2D eigenvalue weighted by Crippen LogP contribution is -2.47. The first-order valence-corrected chi connectivity index (χ1v) is 11.8. The van der Waals surface area contributed by atoms with Crippen molar-refractivity contribution >= 4 is 21.8 Å². The summed E-state index contributed by atoms with van der Waals surface area (Å²) in [6.45, 7) is 3.08. The predicted octanol–water partition coefficient (Wildman–Crippen LogP) is 0.529. The van der Waals surface area contributed by atoms with Gasteiger partial charge in [-0.1, -0.05) is 18.2 Å². The quantitative estimate of drug-likeness (QED) is 0.355. The number of nitrogens with one attached hydrogen (secondary N) is 1. The molecular formula is C21H27N5O4S. The monoisotopic (exact) mass is 445 g/mol. The average molecular weight is 446 g/mol. The third-order valence-electron chi connectivity index (χ3n) is 5.39. The fraction of sp³-hybridized carbons (Fsp3) is 0.476. The highest BCUT2D eigenvalue weighted by Crippen LogP contribution is 2.17. The van der Waals surface area contributed by atoms with Crippen LogP contribution in [0.4, 0.5) is 0 Å². The van der Waals surface area contributed by atoms with E-state index in [1.807, 2.05) is 6.07 Å². The number of sulfonamides is 1. The summed E-state index contributed by atoms with van der Waals surface area (Å²) < 4.78 is 26.8. The van der Waals surface area contributed by atoms with E-state index in [-0.39, 0.29) is 29.5 Å². The molecule has 1 aromatic carbocycles. The molecule has 31 heavy (non-hydrogen) atoms. The van der Waals surface area contributed by atoms with Crippen LogP contribution in [0.25, 0.3) is 0 Å². The zero-order valence-corrected chi connectivity index (χ0v) is 18.2. The van der Waals surface area contributed by atoms with E-state index < -0.39 is 15.9 Å². The van der Waals surface area contributed by atoms with Crippen LogP contribution < -0.4 is 5.32 Å². The minimum Gasteiger partial charge on any atom is -0.373 e. The maximum Gasteiger partial charge on any atom is 0.263 e. The van der Waals surface area contributed by atoms with Gasteiger partial charge in [-0.2, -0.15) is 9.57 Å². The maximum absolute atomic E-state index is 12.7. The standard InChI is InChI=1S/C21H27N5O4S/c22-16-18(21(28)23-9-5-11-25-10-4-8-20(25)27)17-24-12-14-26(15-13-24)31(29,30)19-6-2-1-3-7-19/h1-3,6-7,17H,4-5,8-15H2,(H,23,28)/b18-17-. The van der Waals surface area contributed by atoms with Crippen molar-refractivity contribution in [1.82, 2.24) is 19.4 Å². The van der Waals surface area contributed by atoms with Crippen molar-refractivity contribution in [3.05, 3.63) is 42.1 Å². The number of hydrogen-bond acceptors (Lipinski definition) is 6. The Labute approximate surface area is 183 Å². The molecule has 2 fully saturated rings. The van der Waals surface area contributed by atoms with Gasteiger partial charge in [-0.3, -0.25) is 9.59 Å². The Balaban J connectivity index is 1.47. The molecule has 2 amide bonds. The summed E-state index contributed by atoms with van der Waals surface area (Å²) in [6, 6.07) is 10.2. The molecule has 0 atom stereocenters. The van der Waals surface area contributed by atoms with Crippen molar-refractivity contribution in [2.75, 3.05) is 45.8 Å². The van der Waals surface area contributed by atoms with Crippen molar-refractivity contribution in [2.24, 2.45) is 0 Å². The highest BCUT2D eigenvalue weighted by atomic mass is 32.2. The maximum atomic E-state index is 12.7. The Morgan fingerprint density at radius 3 is 2.45 bits per heavy atom. The summed E-state index contributed by atoms with van der Waals surface area (Å²) in [5, 5.41) is 12.1. The van der Waals surface area contributed by atoms with Gasteiger partial charge in [0, 0.05) is 58.4 Å². The van der Waals surface area contributed by atoms with Crippen LogP contribution >= 0.6 is 0 Å². The highest BCUT2D eigenvalue weighted by Gasteiger charge is 2.28. The third kappa shape index (κ3) is 5.83. The summed E-state index contributed by atoms with van der Waals surface area (Å²) in [6.07, 6.45) is 3.60. The van der Waals surface area contributed by atoms with Crippen molar-refractivity contribution in [2.45, 2.75) is 24.2 Å². The summed E-state index contributed by atoms with van der Waals surface area (Å²) in [5.41, 5.74) is -0.0170. The van der Waals surface area contributed by atoms with E-state index in [0.717, 1.165) is 13.0 Å². The number of piperazine rings is 1. The molecule has 166 valence electrons. The molecule has 0 spiro atoms. The second kappa shape index (κ2) is 10.4. The number of carbonyl (C=O) groups excluding carboxylic acids is 2. The molecular weight excluding hydrogens is 418 g/mol. The SMILES string of the molecule is N#C/C(=C/N1CCN(S(=O)(=O)c2ccccc2)CC1)C(=O)NCCCN1CCCC1=O. The number of amides is 2. The molecule has 0 radical (unpaired) electrons. The molecule has 2 aliphatic heterocycles. The van der Waals surface area contributed by atoms with Crippen LogP contribution in [0.15, 0.2) is 47.0 Å². The third-order valence-corrected chi connectivity index (χ3v) is 7.31. The minimum atomic E-state index is -3.55. The lowest BCUT2D eigenvalue weighted by atomic mass is 10.2. The van der Waals surface area contributed by atoms with Crippen LogP contribution in [0.3, 0.4) is 0 Å². The van der Waals surface area contributed by atoms with E-state index in [1.54, 1.807) is 40.1 Å². The zero-order valence-electron chi connectivity index (χ0n) is 17.4. The molecule has 0 aromatic heterocycles. The van der Waals surface area contributed by atoms with Gasteiger partial charge in [-0.05, 0) is 25.0 Å². The molecule has 0 unspecified atom stereocenters. The normalized spacial score (nSPS) is 18.2. The smallest absolute Gasteiger partial charge is 0.263 e. The molecule has 3 rings (SSSR count). The number of rotatable bonds is 8. The molecule has 1 N–H and O–H groups in total. The van der Waals surface area contributed by atoms with Gasteiger partial charge in [0.2, 0.25) is 15.9 Å². The van der Waals surface area contributed by atoms with Crippen LogP contribution in [-0.4, -0.2) is 80.2 Å². The molecule has 0 aliphatic carbocycles. The number of benzene rings is 1. The Hall–Kier alpha value is -2.90. The van der Waals surface area contributed by atoms with Crippen LogP contribution in [0.1, 0.15) is 19.3 Å². The molecule has 0 saturated carbocycles. The van der Waals surface area contributed by atoms with Crippen LogP contribution in [-0.2, 0) is 19.6 Å². The van der Waals surface area contributed by atoms with Gasteiger partial charge in [0.15, 0.2) is 0 Å². The Morgan fingerprint density at radius 2 is 1.84 bits per heavy atom. The van der Waals surface area contributed by atoms with Crippen molar-refractivity contribution in [1.29, 1.82) is 5.26 Å². The molecule has 2 heterocycles. The fourth-order valence-corrected chi connectivity index (χ4v) is 5.09. The first-order valence-electron chi connectivity index (χ1n) is 10.4. The van der Waals surface area contributed by atoms with Gasteiger partial charge in [-0.15, -0.1) is 0 Å². The minimum absolute atomic E-state index is 0.0170. The topological polar surface area (TPSA) is 114 Å². The molecule has 9 nitrogen and oxygen atoms in total. The van der Waals surface area contributed by atoms with Crippen LogP contribution in [0.5, 0.6) is 0 Å². The largest absolute Gasteiger partial charge is 0.373 e. The van der Waals surface area contributed by atoms with E-state index in [9.17, 15) is 23.3 Å². The molecule has 1 aromatic rings. The summed E-state index contributed by atoms with van der Waals surface area (Å²) in [4.78, 5) is 27.7. The number of nitrogens with zero attached hydrogens (tertiary/aromatic N) is 4. The van der Waals surface area contributed by atoms with Crippen molar-refractivity contribution < 1.29 is 18.0 Å². The van der Waals surface area contributed by atoms with Gasteiger partial charge in [0.1, 0.15) is 11.6 Å². The van der Waals surface area contributed by atoms with E-state index in [2.05, 4.69) is 5.32 Å². The van der Waals surface area contributed by atoms with Crippen molar-refractivity contribution in [3.63, 3.8) is 0 Å². The second-order valence-corrected chi connectivity index (χ2v) is 9.44. The van der Waals surface area contributed by atoms with E-state index in [0.29, 0.717) is 39.0 Å². The summed E-state index contributed by atoms with van der Waals surface area (Å²) >= 11 is 0. The zero-order chi connectivity index (χ0) is 22.3. The fourth-order valence-electron chi connectivity index (χ4n) is 3.64. The highest BCUT2D eigenvalue weighted by molar-refractivity contribution is 7.89.